The van der Waals surface area contributed by atoms with E-state index in [2.05, 4.69) is 33.0 Å². The van der Waals surface area contributed by atoms with Crippen LogP contribution in [-0.4, -0.2) is 29.4 Å². The van der Waals surface area contributed by atoms with Crippen LogP contribution in [0.25, 0.3) is 0 Å². The van der Waals surface area contributed by atoms with Crippen LogP contribution < -0.4 is 5.32 Å². The first-order valence-corrected chi connectivity index (χ1v) is 7.68. The predicted molar refractivity (Wildman–Crippen MR) is 70.9 cm³/mol. The van der Waals surface area contributed by atoms with Gasteiger partial charge in [-0.15, -0.1) is 0 Å². The van der Waals surface area contributed by atoms with Gasteiger partial charge in [0.2, 0.25) is 0 Å². The molecule has 2 nitrogen and oxygen atoms in total. The number of hydrogen-bond acceptors (Lipinski definition) is 3. The first kappa shape index (κ1) is 12.7. The number of thioether (sulfide) groups is 1. The lowest BCUT2D eigenvalue weighted by Gasteiger charge is -2.56. The third kappa shape index (κ3) is 1.81. The molecule has 0 radical (unpaired) electrons. The summed E-state index contributed by atoms with van der Waals surface area (Å²) in [4.78, 5) is 0. The van der Waals surface area contributed by atoms with Gasteiger partial charge >= 0.3 is 0 Å². The van der Waals surface area contributed by atoms with Crippen molar-refractivity contribution in [2.24, 2.45) is 5.41 Å². The Hall–Kier alpha value is 0.270. The first-order chi connectivity index (χ1) is 7.49. The summed E-state index contributed by atoms with van der Waals surface area (Å²) in [5, 5.41) is 3.67. The van der Waals surface area contributed by atoms with Gasteiger partial charge in [0.1, 0.15) is 5.72 Å². The molecule has 1 atom stereocenters. The van der Waals surface area contributed by atoms with Crippen LogP contribution >= 0.6 is 11.8 Å². The molecule has 2 rings (SSSR count). The molecule has 2 aliphatic rings. The number of hydrogen-bond donors (Lipinski definition) is 1. The van der Waals surface area contributed by atoms with Crippen molar-refractivity contribution >= 4 is 11.8 Å². The van der Waals surface area contributed by atoms with Crippen molar-refractivity contribution in [2.75, 3.05) is 18.1 Å². The molecule has 0 aromatic heterocycles. The van der Waals surface area contributed by atoms with E-state index >= 15 is 0 Å². The molecular weight excluding hydrogens is 218 g/mol. The van der Waals surface area contributed by atoms with E-state index < -0.39 is 0 Å². The van der Waals surface area contributed by atoms with Gasteiger partial charge in [-0.05, 0) is 25.0 Å². The highest BCUT2D eigenvalue weighted by molar-refractivity contribution is 7.99. The smallest absolute Gasteiger partial charge is 0.129 e. The minimum Gasteiger partial charge on any atom is -0.353 e. The molecule has 2 saturated heterocycles. The molecule has 2 aliphatic heterocycles. The quantitative estimate of drug-likeness (QED) is 0.805. The second-order valence-electron chi connectivity index (χ2n) is 5.84. The van der Waals surface area contributed by atoms with Gasteiger partial charge in [0.15, 0.2) is 0 Å². The molecule has 0 aromatic rings. The topological polar surface area (TPSA) is 21.3 Å². The van der Waals surface area contributed by atoms with E-state index in [-0.39, 0.29) is 16.7 Å². The van der Waals surface area contributed by atoms with E-state index in [1.807, 2.05) is 11.8 Å². The highest BCUT2D eigenvalue weighted by Crippen LogP contribution is 2.48. The summed E-state index contributed by atoms with van der Waals surface area (Å²) < 4.78 is 6.60. The highest BCUT2D eigenvalue weighted by Gasteiger charge is 2.54. The van der Waals surface area contributed by atoms with Crippen LogP contribution in [0.4, 0.5) is 0 Å². The third-order valence-corrected chi connectivity index (χ3v) is 5.77. The summed E-state index contributed by atoms with van der Waals surface area (Å²) in [6.45, 7) is 10.3. The Labute approximate surface area is 104 Å². The van der Waals surface area contributed by atoms with E-state index in [0.29, 0.717) is 0 Å². The van der Waals surface area contributed by atoms with E-state index in [4.69, 9.17) is 4.74 Å². The van der Waals surface area contributed by atoms with Crippen molar-refractivity contribution in [3.8, 4) is 0 Å². The molecule has 2 heterocycles. The fourth-order valence-corrected chi connectivity index (χ4v) is 4.46. The minimum absolute atomic E-state index is 0.0216. The first-order valence-electron chi connectivity index (χ1n) is 6.52. The normalized spacial score (nSPS) is 36.8. The predicted octanol–water partition coefficient (Wildman–Crippen LogP) is 3.02. The maximum absolute atomic E-state index is 6.60. The zero-order chi connectivity index (χ0) is 11.9. The molecule has 2 fully saturated rings. The van der Waals surface area contributed by atoms with Crippen molar-refractivity contribution in [3.05, 3.63) is 0 Å². The Kier molecular flexibility index (Phi) is 3.32. The van der Waals surface area contributed by atoms with Gasteiger partial charge in [0, 0.05) is 17.7 Å². The summed E-state index contributed by atoms with van der Waals surface area (Å²) in [7, 11) is 0. The van der Waals surface area contributed by atoms with E-state index in [1.165, 1.54) is 5.75 Å². The van der Waals surface area contributed by atoms with Crippen molar-refractivity contribution in [3.63, 3.8) is 0 Å². The van der Waals surface area contributed by atoms with Crippen molar-refractivity contribution < 1.29 is 4.74 Å². The van der Waals surface area contributed by atoms with E-state index in [1.54, 1.807) is 0 Å². The van der Waals surface area contributed by atoms with Crippen LogP contribution in [0.15, 0.2) is 0 Å². The summed E-state index contributed by atoms with van der Waals surface area (Å²) in [6, 6.07) is 0. The molecule has 0 aromatic carbocycles. The average Bonchev–Trinajstić information content (AvgIpc) is 2.71. The Morgan fingerprint density at radius 1 is 1.25 bits per heavy atom. The van der Waals surface area contributed by atoms with Crippen LogP contribution in [0.5, 0.6) is 0 Å². The summed E-state index contributed by atoms with van der Waals surface area (Å²) >= 11 is 2.01. The Morgan fingerprint density at radius 2 is 1.94 bits per heavy atom. The van der Waals surface area contributed by atoms with Gasteiger partial charge in [-0.3, -0.25) is 5.32 Å². The zero-order valence-corrected chi connectivity index (χ0v) is 11.9. The lowest BCUT2D eigenvalue weighted by molar-refractivity contribution is -0.244. The van der Waals surface area contributed by atoms with Gasteiger partial charge in [0.25, 0.3) is 0 Å². The minimum atomic E-state index is -0.0216. The molecular formula is C13H25NOS. The summed E-state index contributed by atoms with van der Waals surface area (Å²) in [5.41, 5.74) is 0.268. The number of ether oxygens (including phenoxy) is 1. The molecule has 94 valence electrons. The van der Waals surface area contributed by atoms with Crippen LogP contribution in [0, 0.1) is 5.41 Å². The third-order valence-electron chi connectivity index (χ3n) is 4.60. The highest BCUT2D eigenvalue weighted by atomic mass is 32.2. The van der Waals surface area contributed by atoms with Crippen LogP contribution in [0.2, 0.25) is 0 Å². The summed E-state index contributed by atoms with van der Waals surface area (Å²) in [5.74, 6) is 2.35. The average molecular weight is 243 g/mol. The van der Waals surface area contributed by atoms with Crippen LogP contribution in [0.1, 0.15) is 47.0 Å². The molecule has 1 N–H and O–H groups in total. The number of nitrogens with one attached hydrogen (secondary N) is 1. The summed E-state index contributed by atoms with van der Waals surface area (Å²) in [6.07, 6.45) is 3.39. The standard InChI is InChI=1S/C13H25NOS/c1-5-12(6-2)11(3,4)9-14-13(15-12)7-8-16-10-13/h14H,5-10H2,1-4H3. The SMILES string of the molecule is CCC1(CC)OC2(CCSC2)NCC1(C)C. The van der Waals surface area contributed by atoms with Crippen molar-refractivity contribution in [1.82, 2.24) is 5.32 Å². The van der Waals surface area contributed by atoms with Gasteiger partial charge in [0.05, 0.1) is 5.60 Å². The Bertz CT molecular complexity index is 255. The van der Waals surface area contributed by atoms with Gasteiger partial charge in [-0.25, -0.2) is 0 Å². The fraction of sp³-hybridized carbons (Fsp3) is 1.00. The molecule has 16 heavy (non-hydrogen) atoms. The van der Waals surface area contributed by atoms with Crippen molar-refractivity contribution in [2.45, 2.75) is 58.3 Å². The molecule has 0 saturated carbocycles. The van der Waals surface area contributed by atoms with E-state index in [0.717, 1.165) is 31.6 Å². The molecule has 3 heteroatoms. The van der Waals surface area contributed by atoms with Gasteiger partial charge in [-0.2, -0.15) is 11.8 Å². The van der Waals surface area contributed by atoms with Gasteiger partial charge in [-0.1, -0.05) is 27.7 Å². The fourth-order valence-electron chi connectivity index (χ4n) is 3.21. The van der Waals surface area contributed by atoms with Gasteiger partial charge < -0.3 is 4.74 Å². The second kappa shape index (κ2) is 4.18. The largest absolute Gasteiger partial charge is 0.353 e. The molecule has 1 unspecified atom stereocenters. The lowest BCUT2D eigenvalue weighted by Crippen LogP contribution is -2.67. The molecule has 0 bridgehead atoms. The molecule has 1 spiro atoms. The van der Waals surface area contributed by atoms with Crippen LogP contribution in [0.3, 0.4) is 0 Å². The Morgan fingerprint density at radius 3 is 2.44 bits per heavy atom. The lowest BCUT2D eigenvalue weighted by atomic mass is 9.69. The maximum Gasteiger partial charge on any atom is 0.129 e. The monoisotopic (exact) mass is 243 g/mol. The molecule has 0 aliphatic carbocycles. The molecule has 0 amide bonds. The Balaban J connectivity index is 2.24. The van der Waals surface area contributed by atoms with E-state index in [9.17, 15) is 0 Å². The van der Waals surface area contributed by atoms with Crippen LogP contribution in [-0.2, 0) is 4.74 Å². The second-order valence-corrected chi connectivity index (χ2v) is 6.94. The maximum atomic E-state index is 6.60. The number of rotatable bonds is 2. The zero-order valence-electron chi connectivity index (χ0n) is 11.1. The van der Waals surface area contributed by atoms with Crippen molar-refractivity contribution in [1.29, 1.82) is 0 Å².